The molecule has 0 unspecified atom stereocenters. The van der Waals surface area contributed by atoms with Crippen molar-refractivity contribution in [2.75, 3.05) is 0 Å². The molecule has 0 radical (unpaired) electrons. The van der Waals surface area contributed by atoms with Gasteiger partial charge < -0.3 is 10.3 Å². The van der Waals surface area contributed by atoms with Gasteiger partial charge >= 0.3 is 0 Å². The molecule has 0 aliphatic heterocycles. The Morgan fingerprint density at radius 2 is 1.70 bits per heavy atom. The Balaban J connectivity index is 2.16. The average molecular weight is 308 g/mol. The van der Waals surface area contributed by atoms with Crippen molar-refractivity contribution in [3.63, 3.8) is 0 Å². The van der Waals surface area contributed by atoms with Crippen LogP contribution in [0.5, 0.6) is 5.75 Å². The van der Waals surface area contributed by atoms with E-state index in [1.165, 1.54) is 0 Å². The predicted octanol–water partition coefficient (Wildman–Crippen LogP) is 4.50. The molecular formula is C19H20N2O2. The SMILES string of the molecule is CCCCc1c(-c2ccccc2)nc(-c2ccccc2O)n1O. The van der Waals surface area contributed by atoms with Gasteiger partial charge in [0, 0.05) is 5.56 Å². The van der Waals surface area contributed by atoms with Gasteiger partial charge in [-0.25, -0.2) is 4.98 Å². The van der Waals surface area contributed by atoms with E-state index in [-0.39, 0.29) is 5.75 Å². The molecule has 3 rings (SSSR count). The molecule has 4 heteroatoms. The first-order chi connectivity index (χ1) is 11.2. The molecule has 0 aliphatic carbocycles. The van der Waals surface area contributed by atoms with Crippen LogP contribution in [0, 0.1) is 0 Å². The van der Waals surface area contributed by atoms with Crippen LogP contribution in [-0.2, 0) is 6.42 Å². The van der Waals surface area contributed by atoms with Crippen LogP contribution in [0.15, 0.2) is 54.6 Å². The minimum Gasteiger partial charge on any atom is -0.507 e. The van der Waals surface area contributed by atoms with E-state index >= 15 is 0 Å². The molecule has 2 N–H and O–H groups in total. The maximum absolute atomic E-state index is 10.6. The van der Waals surface area contributed by atoms with Gasteiger partial charge in [0.2, 0.25) is 0 Å². The van der Waals surface area contributed by atoms with Gasteiger partial charge in [-0.2, -0.15) is 4.73 Å². The Hall–Kier alpha value is -2.75. The molecule has 0 saturated carbocycles. The standard InChI is InChI=1S/C19H20N2O2/c1-2-3-12-16-18(14-9-5-4-6-10-14)20-19(21(16)23)15-11-7-8-13-17(15)22/h4-11,13,22-23H,2-3,12H2,1H3. The molecule has 0 saturated heterocycles. The lowest BCUT2D eigenvalue weighted by Gasteiger charge is -2.06. The zero-order valence-electron chi connectivity index (χ0n) is 13.1. The van der Waals surface area contributed by atoms with Crippen molar-refractivity contribution in [3.8, 4) is 28.4 Å². The Morgan fingerprint density at radius 1 is 1.00 bits per heavy atom. The number of aromatic hydroxyl groups is 1. The first kappa shape index (κ1) is 15.2. The fourth-order valence-electron chi connectivity index (χ4n) is 2.68. The second kappa shape index (κ2) is 6.57. The Kier molecular flexibility index (Phi) is 4.33. The number of hydrogen-bond donors (Lipinski definition) is 2. The van der Waals surface area contributed by atoms with Crippen molar-refractivity contribution in [3.05, 3.63) is 60.3 Å². The maximum Gasteiger partial charge on any atom is 0.179 e. The highest BCUT2D eigenvalue weighted by atomic mass is 16.5. The summed E-state index contributed by atoms with van der Waals surface area (Å²) in [7, 11) is 0. The number of rotatable bonds is 5. The molecule has 0 atom stereocenters. The zero-order valence-corrected chi connectivity index (χ0v) is 13.1. The van der Waals surface area contributed by atoms with Crippen molar-refractivity contribution in [1.29, 1.82) is 0 Å². The van der Waals surface area contributed by atoms with Crippen molar-refractivity contribution >= 4 is 0 Å². The van der Waals surface area contributed by atoms with Gasteiger partial charge in [-0.3, -0.25) is 0 Å². The summed E-state index contributed by atoms with van der Waals surface area (Å²) in [5.41, 5.74) is 3.02. The summed E-state index contributed by atoms with van der Waals surface area (Å²) in [6, 6.07) is 16.7. The molecule has 1 heterocycles. The number of para-hydroxylation sites is 1. The summed E-state index contributed by atoms with van der Waals surface area (Å²) in [6.07, 6.45) is 2.73. The molecular weight excluding hydrogens is 288 g/mol. The van der Waals surface area contributed by atoms with E-state index in [1.807, 2.05) is 36.4 Å². The van der Waals surface area contributed by atoms with E-state index < -0.39 is 0 Å². The lowest BCUT2D eigenvalue weighted by Crippen LogP contribution is -2.01. The van der Waals surface area contributed by atoms with Crippen LogP contribution in [0.25, 0.3) is 22.6 Å². The summed E-state index contributed by atoms with van der Waals surface area (Å²) < 4.78 is 1.12. The number of unbranched alkanes of at least 4 members (excludes halogenated alkanes) is 1. The Morgan fingerprint density at radius 3 is 2.39 bits per heavy atom. The fourth-order valence-corrected chi connectivity index (χ4v) is 2.68. The molecule has 0 fully saturated rings. The molecule has 0 amide bonds. The van der Waals surface area contributed by atoms with Crippen LogP contribution in [0.3, 0.4) is 0 Å². The number of phenols is 1. The van der Waals surface area contributed by atoms with E-state index in [0.717, 1.165) is 40.9 Å². The summed E-state index contributed by atoms with van der Waals surface area (Å²) in [4.78, 5) is 4.62. The average Bonchev–Trinajstić information content (AvgIpc) is 2.91. The monoisotopic (exact) mass is 308 g/mol. The van der Waals surface area contributed by atoms with E-state index in [0.29, 0.717) is 11.4 Å². The smallest absolute Gasteiger partial charge is 0.179 e. The number of aromatic nitrogens is 2. The third kappa shape index (κ3) is 2.93. The van der Waals surface area contributed by atoms with Crippen LogP contribution < -0.4 is 0 Å². The van der Waals surface area contributed by atoms with Crippen molar-refractivity contribution < 1.29 is 10.3 Å². The quantitative estimate of drug-likeness (QED) is 0.682. The summed E-state index contributed by atoms with van der Waals surface area (Å²) in [5, 5.41) is 20.7. The van der Waals surface area contributed by atoms with Crippen molar-refractivity contribution in [2.45, 2.75) is 26.2 Å². The number of hydrogen-bond acceptors (Lipinski definition) is 3. The van der Waals surface area contributed by atoms with Crippen LogP contribution in [-0.4, -0.2) is 20.0 Å². The molecule has 3 aromatic rings. The van der Waals surface area contributed by atoms with Crippen LogP contribution in [0.4, 0.5) is 0 Å². The minimum atomic E-state index is 0.106. The van der Waals surface area contributed by atoms with Crippen molar-refractivity contribution in [1.82, 2.24) is 9.71 Å². The third-order valence-electron chi connectivity index (χ3n) is 3.91. The lowest BCUT2D eigenvalue weighted by atomic mass is 10.1. The van der Waals surface area contributed by atoms with Gasteiger partial charge in [0.15, 0.2) is 5.82 Å². The lowest BCUT2D eigenvalue weighted by molar-refractivity contribution is 0.181. The van der Waals surface area contributed by atoms with Gasteiger partial charge in [0.25, 0.3) is 0 Å². The summed E-state index contributed by atoms with van der Waals surface area (Å²) in [5.74, 6) is 0.475. The maximum atomic E-state index is 10.6. The highest BCUT2D eigenvalue weighted by Crippen LogP contribution is 2.33. The predicted molar refractivity (Wildman–Crippen MR) is 90.6 cm³/mol. The second-order valence-electron chi connectivity index (χ2n) is 5.53. The number of nitrogens with zero attached hydrogens (tertiary/aromatic N) is 2. The molecule has 2 aromatic carbocycles. The topological polar surface area (TPSA) is 58.3 Å². The van der Waals surface area contributed by atoms with Crippen LogP contribution >= 0.6 is 0 Å². The first-order valence-electron chi connectivity index (χ1n) is 7.87. The molecule has 1 aromatic heterocycles. The van der Waals surface area contributed by atoms with Gasteiger partial charge in [0.1, 0.15) is 5.75 Å². The van der Waals surface area contributed by atoms with Gasteiger partial charge in [-0.15, -0.1) is 0 Å². The second-order valence-corrected chi connectivity index (χ2v) is 5.53. The summed E-state index contributed by atoms with van der Waals surface area (Å²) >= 11 is 0. The molecule has 118 valence electrons. The zero-order chi connectivity index (χ0) is 16.2. The Labute approximate surface area is 135 Å². The number of imidazole rings is 1. The molecule has 0 bridgehead atoms. The minimum absolute atomic E-state index is 0.106. The molecule has 0 spiro atoms. The van der Waals surface area contributed by atoms with Gasteiger partial charge in [-0.1, -0.05) is 55.8 Å². The molecule has 23 heavy (non-hydrogen) atoms. The number of phenolic OH excluding ortho intramolecular Hbond substituents is 1. The van der Waals surface area contributed by atoms with Crippen molar-refractivity contribution in [2.24, 2.45) is 0 Å². The van der Waals surface area contributed by atoms with Gasteiger partial charge in [0.05, 0.1) is 17.0 Å². The first-order valence-corrected chi connectivity index (χ1v) is 7.87. The van der Waals surface area contributed by atoms with Crippen LogP contribution in [0.1, 0.15) is 25.5 Å². The molecule has 0 aliphatic rings. The van der Waals surface area contributed by atoms with E-state index in [4.69, 9.17) is 0 Å². The third-order valence-corrected chi connectivity index (χ3v) is 3.91. The highest BCUT2D eigenvalue weighted by Gasteiger charge is 2.20. The molecule has 4 nitrogen and oxygen atoms in total. The fraction of sp³-hybridized carbons (Fsp3) is 0.211. The largest absolute Gasteiger partial charge is 0.507 e. The van der Waals surface area contributed by atoms with E-state index in [2.05, 4.69) is 11.9 Å². The van der Waals surface area contributed by atoms with Gasteiger partial charge in [-0.05, 0) is 25.0 Å². The van der Waals surface area contributed by atoms with Crippen LogP contribution in [0.2, 0.25) is 0 Å². The summed E-state index contributed by atoms with van der Waals surface area (Å²) in [6.45, 7) is 2.12. The normalized spacial score (nSPS) is 10.8. The van der Waals surface area contributed by atoms with E-state index in [1.54, 1.807) is 18.2 Å². The number of benzene rings is 2. The van der Waals surface area contributed by atoms with E-state index in [9.17, 15) is 10.3 Å². The highest BCUT2D eigenvalue weighted by molar-refractivity contribution is 5.71. The Bertz CT molecular complexity index is 794.